The van der Waals surface area contributed by atoms with E-state index in [1.54, 1.807) is 24.3 Å². The van der Waals surface area contributed by atoms with E-state index in [1.165, 1.54) is 13.3 Å². The molecule has 0 unspecified atom stereocenters. The predicted molar refractivity (Wildman–Crippen MR) is 78.7 cm³/mol. The van der Waals surface area contributed by atoms with Crippen LogP contribution in [0.4, 0.5) is 5.69 Å². The van der Waals surface area contributed by atoms with Crippen LogP contribution in [-0.4, -0.2) is 26.2 Å². The monoisotopic (exact) mass is 313 g/mol. The molecule has 1 amide bonds. The Labute approximate surface area is 127 Å². The van der Waals surface area contributed by atoms with Crippen LogP contribution in [0.15, 0.2) is 30.0 Å². The van der Waals surface area contributed by atoms with E-state index < -0.39 is 5.91 Å². The molecule has 0 saturated carbocycles. The van der Waals surface area contributed by atoms with Gasteiger partial charge in [-0.25, -0.2) is 0 Å². The highest BCUT2D eigenvalue weighted by molar-refractivity contribution is 6.43. The van der Waals surface area contributed by atoms with Gasteiger partial charge >= 0.3 is 0 Å². The van der Waals surface area contributed by atoms with Crippen LogP contribution in [-0.2, 0) is 9.53 Å². The van der Waals surface area contributed by atoms with E-state index in [0.717, 1.165) is 0 Å². The van der Waals surface area contributed by atoms with Gasteiger partial charge in [-0.3, -0.25) is 4.79 Å². The Hall–Kier alpha value is -1.74. The van der Waals surface area contributed by atoms with Gasteiger partial charge in [0.2, 0.25) is 0 Å². The van der Waals surface area contributed by atoms with Gasteiger partial charge in [0.15, 0.2) is 0 Å². The number of ether oxygens (including phenoxy) is 1. The minimum atomic E-state index is -0.491. The van der Waals surface area contributed by atoms with Crippen molar-refractivity contribution in [3.8, 4) is 6.07 Å². The number of nitriles is 1. The first-order chi connectivity index (χ1) is 9.60. The lowest BCUT2D eigenvalue weighted by Gasteiger charge is -2.06. The Morgan fingerprint density at radius 1 is 1.50 bits per heavy atom. The Bertz CT molecular complexity index is 553. The summed E-state index contributed by atoms with van der Waals surface area (Å²) in [5.74, 6) is -0.491. The number of anilines is 1. The SMILES string of the molecule is COCCNC(=O)/C(C#N)=C\Nc1cccc(Cl)c1Cl. The molecule has 0 bridgehead atoms. The van der Waals surface area contributed by atoms with E-state index in [0.29, 0.717) is 28.9 Å². The molecule has 1 rings (SSSR count). The molecule has 0 aliphatic carbocycles. The lowest BCUT2D eigenvalue weighted by Crippen LogP contribution is -2.28. The molecule has 20 heavy (non-hydrogen) atoms. The van der Waals surface area contributed by atoms with Crippen molar-refractivity contribution in [3.63, 3.8) is 0 Å². The molecule has 0 aliphatic heterocycles. The van der Waals surface area contributed by atoms with Crippen molar-refractivity contribution in [2.45, 2.75) is 0 Å². The van der Waals surface area contributed by atoms with Crippen LogP contribution in [0.2, 0.25) is 10.0 Å². The summed E-state index contributed by atoms with van der Waals surface area (Å²) >= 11 is 11.8. The quantitative estimate of drug-likeness (QED) is 0.481. The molecule has 1 aromatic carbocycles. The van der Waals surface area contributed by atoms with Crippen molar-refractivity contribution in [1.29, 1.82) is 5.26 Å². The lowest BCUT2D eigenvalue weighted by atomic mass is 10.2. The normalized spacial score (nSPS) is 10.8. The number of amides is 1. The molecular formula is C13H13Cl2N3O2. The standard InChI is InChI=1S/C13H13Cl2N3O2/c1-20-6-5-17-13(19)9(7-16)8-18-11-4-2-3-10(14)12(11)15/h2-4,8,18H,5-6H2,1H3,(H,17,19)/b9-8-. The number of nitrogens with zero attached hydrogens (tertiary/aromatic N) is 1. The maximum absolute atomic E-state index is 11.7. The molecule has 1 aromatic rings. The largest absolute Gasteiger partial charge is 0.383 e. The summed E-state index contributed by atoms with van der Waals surface area (Å²) < 4.78 is 4.80. The average molecular weight is 314 g/mol. The third kappa shape index (κ3) is 4.74. The van der Waals surface area contributed by atoms with Gasteiger partial charge in [0.05, 0.1) is 22.3 Å². The van der Waals surface area contributed by atoms with Gasteiger partial charge in [0.1, 0.15) is 11.6 Å². The maximum Gasteiger partial charge on any atom is 0.263 e. The number of hydrogen-bond acceptors (Lipinski definition) is 4. The average Bonchev–Trinajstić information content (AvgIpc) is 2.44. The summed E-state index contributed by atoms with van der Waals surface area (Å²) in [6.07, 6.45) is 1.28. The van der Waals surface area contributed by atoms with E-state index in [4.69, 9.17) is 33.2 Å². The number of halogens is 2. The molecule has 0 fully saturated rings. The molecule has 5 nitrogen and oxygen atoms in total. The van der Waals surface area contributed by atoms with Crippen molar-refractivity contribution in [2.75, 3.05) is 25.6 Å². The number of benzene rings is 1. The second-order valence-corrected chi connectivity index (χ2v) is 4.45. The molecule has 106 valence electrons. The van der Waals surface area contributed by atoms with Gasteiger partial charge in [-0.2, -0.15) is 5.26 Å². The second-order valence-electron chi connectivity index (χ2n) is 3.66. The Morgan fingerprint density at radius 2 is 2.25 bits per heavy atom. The summed E-state index contributed by atoms with van der Waals surface area (Å²) in [6, 6.07) is 6.83. The van der Waals surface area contributed by atoms with Gasteiger partial charge < -0.3 is 15.4 Å². The second kappa shape index (κ2) is 8.43. The first-order valence-electron chi connectivity index (χ1n) is 5.68. The molecule has 7 heteroatoms. The predicted octanol–water partition coefficient (Wildman–Crippen LogP) is 2.58. The molecule has 0 spiro atoms. The number of hydrogen-bond donors (Lipinski definition) is 2. The summed E-state index contributed by atoms with van der Waals surface area (Å²) in [5, 5.41) is 15.0. The summed E-state index contributed by atoms with van der Waals surface area (Å²) in [7, 11) is 1.52. The number of rotatable bonds is 6. The minimum Gasteiger partial charge on any atom is -0.383 e. The summed E-state index contributed by atoms with van der Waals surface area (Å²) in [4.78, 5) is 11.7. The van der Waals surface area contributed by atoms with Crippen LogP contribution in [0.25, 0.3) is 0 Å². The minimum absolute atomic E-state index is 0.0721. The number of methoxy groups -OCH3 is 1. The molecule has 0 heterocycles. The molecule has 0 aliphatic rings. The van der Waals surface area contributed by atoms with Gasteiger partial charge in [0.25, 0.3) is 5.91 Å². The van der Waals surface area contributed by atoms with Gasteiger partial charge in [-0.1, -0.05) is 29.3 Å². The maximum atomic E-state index is 11.7. The van der Waals surface area contributed by atoms with Crippen LogP contribution in [0.3, 0.4) is 0 Å². The highest BCUT2D eigenvalue weighted by Crippen LogP contribution is 2.29. The van der Waals surface area contributed by atoms with Crippen molar-refractivity contribution < 1.29 is 9.53 Å². The number of carbonyl (C=O) groups excluding carboxylic acids is 1. The van der Waals surface area contributed by atoms with Crippen molar-refractivity contribution >= 4 is 34.8 Å². The summed E-state index contributed by atoms with van der Waals surface area (Å²) in [5.41, 5.74) is 0.439. The Kier molecular flexibility index (Phi) is 6.88. The first-order valence-corrected chi connectivity index (χ1v) is 6.43. The van der Waals surface area contributed by atoms with E-state index in [2.05, 4.69) is 10.6 Å². The van der Waals surface area contributed by atoms with Gasteiger partial charge in [0, 0.05) is 19.9 Å². The number of carbonyl (C=O) groups is 1. The Morgan fingerprint density at radius 3 is 2.90 bits per heavy atom. The zero-order valence-electron chi connectivity index (χ0n) is 10.7. The molecule has 0 aromatic heterocycles. The van der Waals surface area contributed by atoms with Crippen LogP contribution in [0.1, 0.15) is 0 Å². The first kappa shape index (κ1) is 16.3. The van der Waals surface area contributed by atoms with Gasteiger partial charge in [-0.15, -0.1) is 0 Å². The Balaban J connectivity index is 2.73. The number of nitrogens with one attached hydrogen (secondary N) is 2. The zero-order valence-corrected chi connectivity index (χ0v) is 12.3. The van der Waals surface area contributed by atoms with Crippen LogP contribution < -0.4 is 10.6 Å². The van der Waals surface area contributed by atoms with Crippen LogP contribution in [0.5, 0.6) is 0 Å². The molecular weight excluding hydrogens is 301 g/mol. The van der Waals surface area contributed by atoms with Crippen molar-refractivity contribution in [2.24, 2.45) is 0 Å². The fourth-order valence-electron chi connectivity index (χ4n) is 1.28. The topological polar surface area (TPSA) is 74.1 Å². The van der Waals surface area contributed by atoms with E-state index in [1.807, 2.05) is 0 Å². The summed E-state index contributed by atoms with van der Waals surface area (Å²) in [6.45, 7) is 0.699. The van der Waals surface area contributed by atoms with Gasteiger partial charge in [-0.05, 0) is 12.1 Å². The zero-order chi connectivity index (χ0) is 15.0. The molecule has 0 atom stereocenters. The lowest BCUT2D eigenvalue weighted by molar-refractivity contribution is -0.117. The van der Waals surface area contributed by atoms with Crippen LogP contribution in [0, 0.1) is 11.3 Å². The van der Waals surface area contributed by atoms with Crippen molar-refractivity contribution in [1.82, 2.24) is 5.32 Å². The third-order valence-corrected chi connectivity index (χ3v) is 3.10. The fraction of sp³-hybridized carbons (Fsp3) is 0.231. The highest BCUT2D eigenvalue weighted by atomic mass is 35.5. The third-order valence-electron chi connectivity index (χ3n) is 2.28. The highest BCUT2D eigenvalue weighted by Gasteiger charge is 2.09. The van der Waals surface area contributed by atoms with E-state index in [-0.39, 0.29) is 5.57 Å². The van der Waals surface area contributed by atoms with Crippen LogP contribution >= 0.6 is 23.2 Å². The van der Waals surface area contributed by atoms with Crippen molar-refractivity contribution in [3.05, 3.63) is 40.0 Å². The smallest absolute Gasteiger partial charge is 0.263 e. The fourth-order valence-corrected chi connectivity index (χ4v) is 1.63. The molecule has 0 saturated heterocycles. The molecule has 2 N–H and O–H groups in total. The van der Waals surface area contributed by atoms with E-state index in [9.17, 15) is 4.79 Å². The van der Waals surface area contributed by atoms with E-state index >= 15 is 0 Å². The molecule has 0 radical (unpaired) electrons.